The molecule has 1 fully saturated rings. The molecule has 0 saturated carbocycles. The van der Waals surface area contributed by atoms with Crippen LogP contribution in [0.2, 0.25) is 0 Å². The van der Waals surface area contributed by atoms with E-state index in [1.54, 1.807) is 0 Å². The zero-order valence-corrected chi connectivity index (χ0v) is 13.5. The number of halogens is 1. The summed E-state index contributed by atoms with van der Waals surface area (Å²) in [7, 11) is 0. The van der Waals surface area contributed by atoms with E-state index in [1.165, 1.54) is 27.6 Å². The van der Waals surface area contributed by atoms with Crippen LogP contribution in [0.1, 0.15) is 56.7 Å². The lowest BCUT2D eigenvalue weighted by atomic mass is 9.58. The van der Waals surface area contributed by atoms with Crippen molar-refractivity contribution in [1.82, 2.24) is 5.32 Å². The molecule has 0 spiro atoms. The minimum Gasteiger partial charge on any atom is -0.306 e. The van der Waals surface area contributed by atoms with Crippen LogP contribution in [0.3, 0.4) is 0 Å². The Hall–Kier alpha value is -0.600. The minimum atomic E-state index is 0.354. The molecule has 0 amide bonds. The Bertz CT molecular complexity index is 532. The van der Waals surface area contributed by atoms with E-state index in [-0.39, 0.29) is 0 Å². The Balaban J connectivity index is 2.11. The predicted octanol–water partition coefficient (Wildman–Crippen LogP) is 4.94. The van der Waals surface area contributed by atoms with Gasteiger partial charge in [0.15, 0.2) is 0 Å². The molecule has 0 radical (unpaired) electrons. The quantitative estimate of drug-likeness (QED) is 0.761. The van der Waals surface area contributed by atoms with Crippen LogP contribution in [-0.4, -0.2) is 6.04 Å². The first kappa shape index (κ1) is 13.4. The molecule has 1 aliphatic carbocycles. The van der Waals surface area contributed by atoms with E-state index in [4.69, 9.17) is 0 Å². The SMILES string of the molecule is C=C(C)CC1NC2CC(C)(C)C1c1c(Br)cccc12. The smallest absolute Gasteiger partial charge is 0.0331 e. The van der Waals surface area contributed by atoms with Gasteiger partial charge in [0.25, 0.3) is 0 Å². The highest BCUT2D eigenvalue weighted by molar-refractivity contribution is 9.10. The summed E-state index contributed by atoms with van der Waals surface area (Å²) in [6.45, 7) is 11.1. The van der Waals surface area contributed by atoms with E-state index in [9.17, 15) is 0 Å². The highest BCUT2D eigenvalue weighted by Gasteiger charge is 2.49. The van der Waals surface area contributed by atoms with Crippen molar-refractivity contribution in [2.24, 2.45) is 5.41 Å². The highest BCUT2D eigenvalue weighted by Crippen LogP contribution is 2.57. The molecule has 3 atom stereocenters. The van der Waals surface area contributed by atoms with E-state index in [2.05, 4.69) is 66.8 Å². The van der Waals surface area contributed by atoms with Crippen LogP contribution in [0, 0.1) is 5.41 Å². The second-order valence-electron chi connectivity index (χ2n) is 6.90. The standard InChI is InChI=1S/C17H22BrN/c1-10(2)8-13-16-15-11(6-5-7-12(15)18)14(19-13)9-17(16,3)4/h5-7,13-14,16,19H,1,8-9H2,2-4H3. The topological polar surface area (TPSA) is 12.0 Å². The van der Waals surface area contributed by atoms with Gasteiger partial charge in [-0.15, -0.1) is 6.58 Å². The van der Waals surface area contributed by atoms with Gasteiger partial charge in [0.2, 0.25) is 0 Å². The van der Waals surface area contributed by atoms with Gasteiger partial charge >= 0.3 is 0 Å². The fraction of sp³-hybridized carbons (Fsp3) is 0.529. The summed E-state index contributed by atoms with van der Waals surface area (Å²) in [5, 5.41) is 3.84. The monoisotopic (exact) mass is 319 g/mol. The molecule has 3 aliphatic rings. The predicted molar refractivity (Wildman–Crippen MR) is 84.4 cm³/mol. The molecule has 2 heterocycles. The molecular formula is C17H22BrN. The van der Waals surface area contributed by atoms with Crippen molar-refractivity contribution in [3.8, 4) is 0 Å². The Morgan fingerprint density at radius 1 is 1.47 bits per heavy atom. The second-order valence-corrected chi connectivity index (χ2v) is 7.75. The van der Waals surface area contributed by atoms with E-state index < -0.39 is 0 Å². The maximum Gasteiger partial charge on any atom is 0.0331 e. The van der Waals surface area contributed by atoms with Crippen molar-refractivity contribution in [3.63, 3.8) is 0 Å². The average molecular weight is 320 g/mol. The Kier molecular flexibility index (Phi) is 3.14. The molecule has 2 heteroatoms. The Morgan fingerprint density at radius 3 is 2.89 bits per heavy atom. The summed E-state index contributed by atoms with van der Waals surface area (Å²) in [6, 6.07) is 7.66. The van der Waals surface area contributed by atoms with Crippen LogP contribution in [-0.2, 0) is 0 Å². The summed E-state index contributed by atoms with van der Waals surface area (Å²) in [6.07, 6.45) is 2.30. The molecule has 102 valence electrons. The molecule has 1 aromatic carbocycles. The number of piperidine rings is 1. The van der Waals surface area contributed by atoms with Gasteiger partial charge in [-0.25, -0.2) is 0 Å². The van der Waals surface area contributed by atoms with Gasteiger partial charge in [0.05, 0.1) is 0 Å². The van der Waals surface area contributed by atoms with Crippen LogP contribution < -0.4 is 5.32 Å². The summed E-state index contributed by atoms with van der Waals surface area (Å²) < 4.78 is 1.28. The average Bonchev–Trinajstić information content (AvgIpc) is 2.27. The molecule has 19 heavy (non-hydrogen) atoms. The van der Waals surface area contributed by atoms with Crippen molar-refractivity contribution in [2.45, 2.75) is 51.6 Å². The number of fused-ring (bicyclic) bond motifs is 2. The van der Waals surface area contributed by atoms with Crippen molar-refractivity contribution < 1.29 is 0 Å². The van der Waals surface area contributed by atoms with Crippen LogP contribution in [0.25, 0.3) is 0 Å². The van der Waals surface area contributed by atoms with Gasteiger partial charge < -0.3 is 5.32 Å². The maximum atomic E-state index is 4.11. The summed E-state index contributed by atoms with van der Waals surface area (Å²) in [4.78, 5) is 0. The maximum absolute atomic E-state index is 4.11. The molecule has 3 unspecified atom stereocenters. The fourth-order valence-corrected chi connectivity index (χ4v) is 4.77. The largest absolute Gasteiger partial charge is 0.306 e. The Labute approximate surface area is 124 Å². The number of benzene rings is 1. The van der Waals surface area contributed by atoms with E-state index in [0.717, 1.165) is 6.42 Å². The van der Waals surface area contributed by atoms with Crippen molar-refractivity contribution in [2.75, 3.05) is 0 Å². The fourth-order valence-electron chi connectivity index (χ4n) is 4.14. The number of hydrogen-bond acceptors (Lipinski definition) is 1. The summed E-state index contributed by atoms with van der Waals surface area (Å²) in [5.41, 5.74) is 4.66. The van der Waals surface area contributed by atoms with Crippen molar-refractivity contribution in [1.29, 1.82) is 0 Å². The molecule has 2 aliphatic heterocycles. The van der Waals surface area contributed by atoms with Gasteiger partial charge in [-0.2, -0.15) is 0 Å². The number of nitrogens with one attached hydrogen (secondary N) is 1. The molecule has 1 N–H and O–H groups in total. The Morgan fingerprint density at radius 2 is 2.21 bits per heavy atom. The van der Waals surface area contributed by atoms with Gasteiger partial charge in [-0.05, 0) is 42.4 Å². The molecule has 2 bridgehead atoms. The van der Waals surface area contributed by atoms with Gasteiger partial charge in [0, 0.05) is 22.5 Å². The van der Waals surface area contributed by atoms with Crippen LogP contribution in [0.15, 0.2) is 34.8 Å². The van der Waals surface area contributed by atoms with Crippen LogP contribution >= 0.6 is 15.9 Å². The molecular weight excluding hydrogens is 298 g/mol. The summed E-state index contributed by atoms with van der Waals surface area (Å²) in [5.74, 6) is 0.569. The zero-order valence-electron chi connectivity index (χ0n) is 12.0. The minimum absolute atomic E-state index is 0.354. The lowest BCUT2D eigenvalue weighted by molar-refractivity contribution is 0.103. The molecule has 0 aromatic heterocycles. The third-order valence-electron chi connectivity index (χ3n) is 4.73. The zero-order chi connectivity index (χ0) is 13.8. The normalized spacial score (nSPS) is 31.1. The molecule has 1 aromatic rings. The van der Waals surface area contributed by atoms with E-state index in [0.29, 0.717) is 23.4 Å². The molecule has 4 rings (SSSR count). The van der Waals surface area contributed by atoms with E-state index >= 15 is 0 Å². The second kappa shape index (κ2) is 4.46. The first-order valence-electron chi connectivity index (χ1n) is 7.09. The first-order chi connectivity index (χ1) is 8.90. The molecule has 1 saturated heterocycles. The summed E-state index contributed by atoms with van der Waals surface area (Å²) >= 11 is 3.78. The number of rotatable bonds is 2. The highest BCUT2D eigenvalue weighted by atomic mass is 79.9. The van der Waals surface area contributed by atoms with Crippen LogP contribution in [0.4, 0.5) is 0 Å². The third-order valence-corrected chi connectivity index (χ3v) is 5.42. The van der Waals surface area contributed by atoms with Gasteiger partial charge in [-0.3, -0.25) is 0 Å². The van der Waals surface area contributed by atoms with Crippen LogP contribution in [0.5, 0.6) is 0 Å². The first-order valence-corrected chi connectivity index (χ1v) is 7.88. The molecule has 1 nitrogen and oxygen atoms in total. The van der Waals surface area contributed by atoms with Crippen molar-refractivity contribution >= 4 is 15.9 Å². The van der Waals surface area contributed by atoms with E-state index in [1.807, 2.05) is 0 Å². The van der Waals surface area contributed by atoms with Gasteiger partial charge in [-0.1, -0.05) is 47.5 Å². The lowest BCUT2D eigenvalue weighted by Gasteiger charge is -2.54. The van der Waals surface area contributed by atoms with Gasteiger partial charge in [0.1, 0.15) is 0 Å². The lowest BCUT2D eigenvalue weighted by Crippen LogP contribution is -2.54. The third kappa shape index (κ3) is 2.09. The number of hydrogen-bond donors (Lipinski definition) is 1. The van der Waals surface area contributed by atoms with Crippen molar-refractivity contribution in [3.05, 3.63) is 46.0 Å².